The van der Waals surface area contributed by atoms with E-state index in [9.17, 15) is 0 Å². The van der Waals surface area contributed by atoms with Crippen molar-refractivity contribution in [3.63, 3.8) is 0 Å². The molecule has 3 aromatic rings. The van der Waals surface area contributed by atoms with Crippen LogP contribution in [0.4, 0.5) is 0 Å². The fourth-order valence-corrected chi connectivity index (χ4v) is 3.90. The summed E-state index contributed by atoms with van der Waals surface area (Å²) < 4.78 is 1.82. The third kappa shape index (κ3) is 5.22. The second-order valence-electron chi connectivity index (χ2n) is 7.63. The van der Waals surface area contributed by atoms with Gasteiger partial charge in [-0.2, -0.15) is 5.10 Å². The first-order chi connectivity index (χ1) is 14.3. The second kappa shape index (κ2) is 9.37. The zero-order valence-corrected chi connectivity index (χ0v) is 16.7. The smallest absolute Gasteiger partial charge is 0.189 e. The van der Waals surface area contributed by atoms with Crippen molar-refractivity contribution in [3.05, 3.63) is 72.3 Å². The lowest BCUT2D eigenvalue weighted by Gasteiger charge is -2.23. The van der Waals surface area contributed by atoms with E-state index in [-0.39, 0.29) is 0 Å². The molecule has 0 atom stereocenters. The van der Waals surface area contributed by atoms with E-state index in [1.165, 1.54) is 54.4 Å². The van der Waals surface area contributed by atoms with E-state index in [2.05, 4.69) is 68.9 Å². The van der Waals surface area contributed by atoms with Crippen LogP contribution in [0.1, 0.15) is 43.2 Å². The van der Waals surface area contributed by atoms with E-state index < -0.39 is 0 Å². The number of nitrogens with zero attached hydrogens (tertiary/aromatic N) is 4. The van der Waals surface area contributed by atoms with E-state index in [0.29, 0.717) is 18.5 Å². The van der Waals surface area contributed by atoms with Crippen LogP contribution >= 0.6 is 0 Å². The maximum Gasteiger partial charge on any atom is 0.189 e. The van der Waals surface area contributed by atoms with Crippen molar-refractivity contribution in [1.82, 2.24) is 20.1 Å². The SMILES string of the molecule is NC(=NCc1ccccc1-c1ccc(Cn2cncn2)cc1)NC1CCCCC1. The summed E-state index contributed by atoms with van der Waals surface area (Å²) in [6, 6.07) is 17.4. The number of benzene rings is 2. The van der Waals surface area contributed by atoms with Crippen molar-refractivity contribution in [3.8, 4) is 11.1 Å². The van der Waals surface area contributed by atoms with Gasteiger partial charge in [-0.1, -0.05) is 67.8 Å². The molecule has 4 rings (SSSR count). The largest absolute Gasteiger partial charge is 0.370 e. The van der Waals surface area contributed by atoms with Crippen LogP contribution < -0.4 is 11.1 Å². The van der Waals surface area contributed by atoms with Gasteiger partial charge in [0.25, 0.3) is 0 Å². The lowest BCUT2D eigenvalue weighted by Crippen LogP contribution is -2.41. The minimum absolute atomic E-state index is 0.472. The van der Waals surface area contributed by atoms with E-state index >= 15 is 0 Å². The molecule has 0 saturated heterocycles. The number of hydrogen-bond acceptors (Lipinski definition) is 3. The lowest BCUT2D eigenvalue weighted by molar-refractivity contribution is 0.412. The number of nitrogens with two attached hydrogens (primary N) is 1. The second-order valence-corrected chi connectivity index (χ2v) is 7.63. The Morgan fingerprint density at radius 1 is 1.07 bits per heavy atom. The van der Waals surface area contributed by atoms with Crippen LogP contribution in [-0.4, -0.2) is 26.8 Å². The zero-order valence-electron chi connectivity index (χ0n) is 16.7. The van der Waals surface area contributed by atoms with Gasteiger partial charge in [-0.3, -0.25) is 0 Å². The summed E-state index contributed by atoms with van der Waals surface area (Å²) in [5.41, 5.74) is 10.9. The van der Waals surface area contributed by atoms with Crippen LogP contribution in [0, 0.1) is 0 Å². The minimum atomic E-state index is 0.472. The molecule has 0 bridgehead atoms. The topological polar surface area (TPSA) is 81.1 Å². The molecule has 6 heteroatoms. The molecule has 0 unspecified atom stereocenters. The Hall–Kier alpha value is -3.15. The molecule has 150 valence electrons. The van der Waals surface area contributed by atoms with Gasteiger partial charge in [0.15, 0.2) is 5.96 Å². The highest BCUT2D eigenvalue weighted by Crippen LogP contribution is 2.25. The Labute approximate surface area is 171 Å². The number of guanidine groups is 1. The normalized spacial score (nSPS) is 15.4. The molecule has 0 amide bonds. The van der Waals surface area contributed by atoms with Crippen LogP contribution in [0.2, 0.25) is 0 Å². The van der Waals surface area contributed by atoms with Crippen LogP contribution in [-0.2, 0) is 13.1 Å². The molecule has 1 aliphatic carbocycles. The van der Waals surface area contributed by atoms with Gasteiger partial charge in [0.2, 0.25) is 0 Å². The molecule has 6 nitrogen and oxygen atoms in total. The molecule has 0 spiro atoms. The van der Waals surface area contributed by atoms with Gasteiger partial charge >= 0.3 is 0 Å². The van der Waals surface area contributed by atoms with E-state index in [4.69, 9.17) is 5.73 Å². The summed E-state index contributed by atoms with van der Waals surface area (Å²) in [5.74, 6) is 0.551. The van der Waals surface area contributed by atoms with Gasteiger partial charge < -0.3 is 11.1 Å². The van der Waals surface area contributed by atoms with Crippen LogP contribution in [0.25, 0.3) is 11.1 Å². The average Bonchev–Trinajstić information content (AvgIpc) is 3.27. The summed E-state index contributed by atoms with van der Waals surface area (Å²) in [4.78, 5) is 8.60. The summed E-state index contributed by atoms with van der Waals surface area (Å²) in [6.45, 7) is 1.29. The molecule has 2 aromatic carbocycles. The first kappa shape index (κ1) is 19.2. The first-order valence-electron chi connectivity index (χ1n) is 10.3. The average molecular weight is 389 g/mol. The fraction of sp³-hybridized carbons (Fsp3) is 0.348. The molecule has 1 heterocycles. The number of aromatic nitrogens is 3. The minimum Gasteiger partial charge on any atom is -0.370 e. The molecule has 3 N–H and O–H groups in total. The van der Waals surface area contributed by atoms with E-state index in [1.807, 2.05) is 4.68 Å². The van der Waals surface area contributed by atoms with Crippen LogP contribution in [0.3, 0.4) is 0 Å². The monoisotopic (exact) mass is 388 g/mol. The number of rotatable bonds is 6. The third-order valence-corrected chi connectivity index (χ3v) is 5.47. The fourth-order valence-electron chi connectivity index (χ4n) is 3.90. The first-order valence-corrected chi connectivity index (χ1v) is 10.3. The highest BCUT2D eigenvalue weighted by atomic mass is 15.3. The summed E-state index contributed by atoms with van der Waals surface area (Å²) in [7, 11) is 0. The van der Waals surface area contributed by atoms with Crippen molar-refractivity contribution in [1.29, 1.82) is 0 Å². The van der Waals surface area contributed by atoms with Crippen molar-refractivity contribution in [2.24, 2.45) is 10.7 Å². The molecule has 0 radical (unpaired) electrons. The number of aliphatic imine (C=N–C) groups is 1. The van der Waals surface area contributed by atoms with Crippen molar-refractivity contribution < 1.29 is 0 Å². The molecule has 0 aliphatic heterocycles. The molecular weight excluding hydrogens is 360 g/mol. The Balaban J connectivity index is 1.44. The molecule has 1 aliphatic rings. The van der Waals surface area contributed by atoms with E-state index in [0.717, 1.165) is 6.54 Å². The number of nitrogens with one attached hydrogen (secondary N) is 1. The Bertz CT molecular complexity index is 924. The highest BCUT2D eigenvalue weighted by molar-refractivity contribution is 5.78. The van der Waals surface area contributed by atoms with Crippen LogP contribution in [0.5, 0.6) is 0 Å². The van der Waals surface area contributed by atoms with Gasteiger partial charge in [-0.05, 0) is 35.1 Å². The predicted molar refractivity (Wildman–Crippen MR) is 116 cm³/mol. The quantitative estimate of drug-likeness (QED) is 0.498. The lowest BCUT2D eigenvalue weighted by atomic mass is 9.96. The highest BCUT2D eigenvalue weighted by Gasteiger charge is 2.13. The summed E-state index contributed by atoms with van der Waals surface area (Å²) in [6.07, 6.45) is 9.55. The van der Waals surface area contributed by atoms with Gasteiger partial charge in [-0.15, -0.1) is 0 Å². The Morgan fingerprint density at radius 2 is 1.86 bits per heavy atom. The number of hydrogen-bond donors (Lipinski definition) is 2. The molecular formula is C23H28N6. The molecule has 1 aromatic heterocycles. The zero-order chi connectivity index (χ0) is 19.9. The van der Waals surface area contributed by atoms with Gasteiger partial charge in [0.1, 0.15) is 12.7 Å². The molecule has 1 fully saturated rings. The molecule has 1 saturated carbocycles. The Morgan fingerprint density at radius 3 is 2.62 bits per heavy atom. The predicted octanol–water partition coefficient (Wildman–Crippen LogP) is 3.73. The Kier molecular flexibility index (Phi) is 6.19. The summed E-state index contributed by atoms with van der Waals surface area (Å²) in [5, 5.41) is 7.55. The standard InChI is InChI=1S/C23H28N6/c24-23(28-21-7-2-1-3-8-21)26-14-20-6-4-5-9-22(20)19-12-10-18(11-13-19)15-29-17-25-16-27-29/h4-6,9-13,16-17,21H,1-3,7-8,14-15H2,(H3,24,26,28). The van der Waals surface area contributed by atoms with Crippen molar-refractivity contribution in [2.75, 3.05) is 0 Å². The van der Waals surface area contributed by atoms with Crippen molar-refractivity contribution >= 4 is 5.96 Å². The van der Waals surface area contributed by atoms with Gasteiger partial charge in [0.05, 0.1) is 13.1 Å². The van der Waals surface area contributed by atoms with E-state index in [1.54, 1.807) is 12.7 Å². The van der Waals surface area contributed by atoms with Crippen LogP contribution in [0.15, 0.2) is 66.2 Å². The maximum atomic E-state index is 6.15. The molecule has 29 heavy (non-hydrogen) atoms. The summed E-state index contributed by atoms with van der Waals surface area (Å²) >= 11 is 0. The maximum absolute atomic E-state index is 6.15. The van der Waals surface area contributed by atoms with Crippen molar-refractivity contribution in [2.45, 2.75) is 51.2 Å². The van der Waals surface area contributed by atoms with Gasteiger partial charge in [-0.25, -0.2) is 14.7 Å². The third-order valence-electron chi connectivity index (χ3n) is 5.47. The van der Waals surface area contributed by atoms with Gasteiger partial charge in [0, 0.05) is 6.04 Å².